The summed E-state index contributed by atoms with van der Waals surface area (Å²) in [6, 6.07) is -2.47. The van der Waals surface area contributed by atoms with Crippen molar-refractivity contribution >= 4 is 29.6 Å². The molecule has 0 aliphatic carbocycles. The predicted octanol–water partition coefficient (Wildman–Crippen LogP) is 3.75. The van der Waals surface area contributed by atoms with Crippen molar-refractivity contribution in [2.75, 3.05) is 33.8 Å². The van der Waals surface area contributed by atoms with Gasteiger partial charge in [0, 0.05) is 31.8 Å². The molecule has 11 nitrogen and oxygen atoms in total. The Kier molecular flexibility index (Phi) is 13.5. The number of ether oxygens (including phenoxy) is 1. The third-order valence-corrected chi connectivity index (χ3v) is 10.2. The summed E-state index contributed by atoms with van der Waals surface area (Å²) in [5.41, 5.74) is -0.0917. The normalized spacial score (nSPS) is 24.3. The molecule has 0 unspecified atom stereocenters. The molecule has 3 aliphatic rings. The van der Waals surface area contributed by atoms with Gasteiger partial charge in [0.25, 0.3) is 0 Å². The first-order valence-corrected chi connectivity index (χ1v) is 17.7. The molecule has 266 valence electrons. The minimum Gasteiger partial charge on any atom is -0.467 e. The molecule has 47 heavy (non-hydrogen) atoms. The van der Waals surface area contributed by atoms with Gasteiger partial charge in [0.05, 0.1) is 19.2 Å². The maximum absolute atomic E-state index is 14.2. The lowest BCUT2D eigenvalue weighted by Crippen LogP contribution is -2.60. The van der Waals surface area contributed by atoms with E-state index in [1.807, 2.05) is 40.7 Å². The van der Waals surface area contributed by atoms with Crippen LogP contribution in [0.2, 0.25) is 0 Å². The van der Waals surface area contributed by atoms with Crippen molar-refractivity contribution in [3.05, 3.63) is 11.6 Å². The maximum Gasteiger partial charge on any atom is 0.328 e. The minimum absolute atomic E-state index is 0.0250. The van der Waals surface area contributed by atoms with Crippen LogP contribution in [-0.2, 0) is 28.7 Å². The van der Waals surface area contributed by atoms with Gasteiger partial charge in [0.1, 0.15) is 18.1 Å². The van der Waals surface area contributed by atoms with E-state index >= 15 is 0 Å². The lowest BCUT2D eigenvalue weighted by Gasteiger charge is -2.41. The Bertz CT molecular complexity index is 1180. The van der Waals surface area contributed by atoms with Gasteiger partial charge in [0.15, 0.2) is 0 Å². The Morgan fingerprint density at radius 2 is 1.40 bits per heavy atom. The van der Waals surface area contributed by atoms with E-state index in [9.17, 15) is 24.0 Å². The molecule has 0 aromatic rings. The smallest absolute Gasteiger partial charge is 0.328 e. The molecule has 0 aromatic carbocycles. The zero-order valence-corrected chi connectivity index (χ0v) is 30.6. The number of piperidine rings is 2. The molecule has 3 fully saturated rings. The van der Waals surface area contributed by atoms with Crippen LogP contribution in [0.4, 0.5) is 0 Å². The fraction of sp³-hybridized carbons (Fsp3) is 0.806. The van der Waals surface area contributed by atoms with E-state index in [0.29, 0.717) is 37.9 Å². The van der Waals surface area contributed by atoms with E-state index in [4.69, 9.17) is 4.74 Å². The van der Waals surface area contributed by atoms with Gasteiger partial charge >= 0.3 is 5.97 Å². The second kappa shape index (κ2) is 16.4. The van der Waals surface area contributed by atoms with Crippen LogP contribution >= 0.6 is 0 Å². The number of hydrogen-bond donors (Lipinski definition) is 1. The maximum atomic E-state index is 14.2. The van der Waals surface area contributed by atoms with Gasteiger partial charge in [-0.25, -0.2) is 4.79 Å². The fourth-order valence-corrected chi connectivity index (χ4v) is 7.43. The first kappa shape index (κ1) is 38.5. The molecular weight excluding hydrogens is 598 g/mol. The van der Waals surface area contributed by atoms with Gasteiger partial charge in [-0.15, -0.1) is 0 Å². The van der Waals surface area contributed by atoms with Gasteiger partial charge in [-0.3, -0.25) is 24.1 Å². The zero-order chi connectivity index (χ0) is 35.2. The largest absolute Gasteiger partial charge is 0.467 e. The second-order valence-electron chi connectivity index (χ2n) is 15.4. The summed E-state index contributed by atoms with van der Waals surface area (Å²) >= 11 is 0. The Morgan fingerprint density at radius 1 is 0.830 bits per heavy atom. The van der Waals surface area contributed by atoms with Crippen molar-refractivity contribution in [3.8, 4) is 0 Å². The number of likely N-dealkylation sites (N-methyl/N-ethyl adjacent to an activating group) is 1. The van der Waals surface area contributed by atoms with Crippen LogP contribution in [-0.4, -0.2) is 119 Å². The first-order chi connectivity index (χ1) is 22.0. The lowest BCUT2D eigenvalue weighted by atomic mass is 9.84. The Hall–Kier alpha value is -2.95. The quantitative estimate of drug-likeness (QED) is 0.280. The van der Waals surface area contributed by atoms with E-state index in [1.165, 1.54) is 7.11 Å². The number of likely N-dealkylation sites (tertiary alicyclic amines) is 3. The van der Waals surface area contributed by atoms with Gasteiger partial charge in [-0.2, -0.15) is 0 Å². The molecule has 0 bridgehead atoms. The SMILES string of the molecule is COC(=O)[C@@H]1CCCCN1C(=O)[C@@H]1CCCN1C(=O)/C(C)=C/[C@H](C(C)C)N(C)C(=O)[C@@H](NC(=O)[C@H]1CCCCN1C(C)C)C(C)(C)C. The highest BCUT2D eigenvalue weighted by atomic mass is 16.5. The number of rotatable bonds is 10. The van der Waals surface area contributed by atoms with Crippen LogP contribution in [0.15, 0.2) is 11.6 Å². The topological polar surface area (TPSA) is 120 Å². The van der Waals surface area contributed by atoms with Crippen LogP contribution in [0.1, 0.15) is 107 Å². The second-order valence-corrected chi connectivity index (χ2v) is 15.4. The molecule has 4 amide bonds. The minimum atomic E-state index is -0.755. The van der Waals surface area contributed by atoms with Crippen LogP contribution < -0.4 is 5.32 Å². The number of amides is 4. The first-order valence-electron chi connectivity index (χ1n) is 17.7. The van der Waals surface area contributed by atoms with Crippen LogP contribution in [0.25, 0.3) is 0 Å². The molecule has 3 aliphatic heterocycles. The van der Waals surface area contributed by atoms with Crippen LogP contribution in [0.5, 0.6) is 0 Å². The third-order valence-electron chi connectivity index (χ3n) is 10.2. The van der Waals surface area contributed by atoms with E-state index < -0.39 is 35.6 Å². The van der Waals surface area contributed by atoms with E-state index in [1.54, 1.807) is 28.7 Å². The molecule has 3 rings (SSSR count). The number of nitrogens with one attached hydrogen (secondary N) is 1. The van der Waals surface area contributed by atoms with Crippen molar-refractivity contribution in [2.24, 2.45) is 11.3 Å². The molecule has 0 aromatic heterocycles. The summed E-state index contributed by atoms with van der Waals surface area (Å²) in [4.78, 5) is 75.0. The number of hydrogen-bond acceptors (Lipinski definition) is 7. The number of carbonyl (C=O) groups excluding carboxylic acids is 5. The van der Waals surface area contributed by atoms with E-state index in [0.717, 1.165) is 38.6 Å². The van der Waals surface area contributed by atoms with Crippen molar-refractivity contribution in [2.45, 2.75) is 143 Å². The summed E-state index contributed by atoms with van der Waals surface area (Å²) in [5.74, 6) is -1.21. The Balaban J connectivity index is 1.80. The molecule has 1 N–H and O–H groups in total. The average molecular weight is 660 g/mol. The van der Waals surface area contributed by atoms with E-state index in [2.05, 4.69) is 24.1 Å². The lowest BCUT2D eigenvalue weighted by molar-refractivity contribution is -0.157. The highest BCUT2D eigenvalue weighted by molar-refractivity contribution is 5.98. The molecule has 0 saturated carbocycles. The summed E-state index contributed by atoms with van der Waals surface area (Å²) in [7, 11) is 3.07. The average Bonchev–Trinajstić information content (AvgIpc) is 3.53. The van der Waals surface area contributed by atoms with Gasteiger partial charge < -0.3 is 24.8 Å². The molecule has 3 saturated heterocycles. The number of carbonyl (C=O) groups is 5. The molecule has 0 spiro atoms. The van der Waals surface area contributed by atoms with Crippen molar-refractivity contribution in [3.63, 3.8) is 0 Å². The third kappa shape index (κ3) is 9.15. The summed E-state index contributed by atoms with van der Waals surface area (Å²) in [6.45, 7) is 17.6. The fourth-order valence-electron chi connectivity index (χ4n) is 7.43. The summed E-state index contributed by atoms with van der Waals surface area (Å²) in [5, 5.41) is 3.13. The standard InChI is InChI=1S/C36H61N5O6/c1-23(2)29(38(9)34(45)30(36(6,7)8)37-31(42)26-16-11-13-19-39(26)24(3)4)22-25(5)32(43)40-21-15-18-27(40)33(44)41-20-14-12-17-28(41)35(46)47-10/h22-24,26-30H,11-21H2,1-10H3,(H,37,42)/b25-22+/t26-,27+,28+,29-,30-/m1/s1. The predicted molar refractivity (Wildman–Crippen MR) is 182 cm³/mol. The van der Waals surface area contributed by atoms with Crippen LogP contribution in [0, 0.1) is 11.3 Å². The van der Waals surface area contributed by atoms with E-state index in [-0.39, 0.29) is 41.6 Å². The Labute approximate surface area is 282 Å². The van der Waals surface area contributed by atoms with Crippen LogP contribution in [0.3, 0.4) is 0 Å². The highest BCUT2D eigenvalue weighted by Gasteiger charge is 2.43. The Morgan fingerprint density at radius 3 is 1.98 bits per heavy atom. The molecule has 0 radical (unpaired) electrons. The molecule has 5 atom stereocenters. The highest BCUT2D eigenvalue weighted by Crippen LogP contribution is 2.28. The zero-order valence-electron chi connectivity index (χ0n) is 30.6. The van der Waals surface area contributed by atoms with Gasteiger partial charge in [-0.05, 0) is 83.6 Å². The van der Waals surface area contributed by atoms with Crippen molar-refractivity contribution < 1.29 is 28.7 Å². The summed E-state index contributed by atoms with van der Waals surface area (Å²) < 4.78 is 4.98. The number of nitrogens with zero attached hydrogens (tertiary/aromatic N) is 4. The monoisotopic (exact) mass is 659 g/mol. The van der Waals surface area contributed by atoms with Crippen molar-refractivity contribution in [1.82, 2.24) is 24.9 Å². The molecule has 11 heteroatoms. The number of esters is 1. The van der Waals surface area contributed by atoms with Gasteiger partial charge in [0.2, 0.25) is 23.6 Å². The number of methoxy groups -OCH3 is 1. The van der Waals surface area contributed by atoms with Crippen molar-refractivity contribution in [1.29, 1.82) is 0 Å². The summed E-state index contributed by atoms with van der Waals surface area (Å²) in [6.07, 6.45) is 8.08. The molecular formula is C36H61N5O6. The molecule has 3 heterocycles. The van der Waals surface area contributed by atoms with Gasteiger partial charge in [-0.1, -0.05) is 47.1 Å².